The zero-order valence-corrected chi connectivity index (χ0v) is 13.2. The van der Waals surface area contributed by atoms with Crippen LogP contribution in [0.25, 0.3) is 0 Å². The van der Waals surface area contributed by atoms with E-state index in [2.05, 4.69) is 5.32 Å². The summed E-state index contributed by atoms with van der Waals surface area (Å²) < 4.78 is 5.00. The van der Waals surface area contributed by atoms with Gasteiger partial charge in [0.1, 0.15) is 5.54 Å². The fourth-order valence-electron chi connectivity index (χ4n) is 3.04. The highest BCUT2D eigenvalue weighted by atomic mass is 32.2. The molecular formula is C14H27NO4S. The molecule has 3 N–H and O–H groups in total. The molecule has 5 nitrogen and oxygen atoms in total. The number of hydrogen-bond donors (Lipinski definition) is 3. The summed E-state index contributed by atoms with van der Waals surface area (Å²) in [5, 5.41) is 21.4. The van der Waals surface area contributed by atoms with Crippen molar-refractivity contribution < 1.29 is 19.7 Å². The number of likely N-dealkylation sites (N-methyl/N-ethyl adjacent to an activating group) is 1. The predicted molar refractivity (Wildman–Crippen MR) is 80.8 cm³/mol. The lowest BCUT2D eigenvalue weighted by atomic mass is 9.85. The summed E-state index contributed by atoms with van der Waals surface area (Å²) in [5.41, 5.74) is -0.528. The molecule has 1 rings (SSSR count). The second-order valence-electron chi connectivity index (χ2n) is 5.28. The molecule has 3 unspecified atom stereocenters. The van der Waals surface area contributed by atoms with Gasteiger partial charge < -0.3 is 20.3 Å². The van der Waals surface area contributed by atoms with Gasteiger partial charge in [0.05, 0.1) is 19.8 Å². The Balaban J connectivity index is 2.51. The van der Waals surface area contributed by atoms with Crippen LogP contribution in [-0.2, 0) is 9.53 Å². The molecule has 3 atom stereocenters. The molecule has 0 aromatic carbocycles. The number of rotatable bonds is 9. The van der Waals surface area contributed by atoms with Crippen LogP contribution in [0.4, 0.5) is 0 Å². The number of hydrogen-bond acceptors (Lipinski definition) is 6. The SMILES string of the molecule is CCNC1(C(=O)OC)CCCC1CCSCC(O)CO. The van der Waals surface area contributed by atoms with Crippen LogP contribution >= 0.6 is 11.8 Å². The average molecular weight is 305 g/mol. The summed E-state index contributed by atoms with van der Waals surface area (Å²) >= 11 is 1.62. The first kappa shape index (κ1) is 17.8. The van der Waals surface area contributed by atoms with Crippen LogP contribution in [0, 0.1) is 5.92 Å². The molecule has 0 aromatic heterocycles. The molecule has 0 saturated heterocycles. The van der Waals surface area contributed by atoms with Gasteiger partial charge in [0.15, 0.2) is 0 Å². The topological polar surface area (TPSA) is 78.8 Å². The highest BCUT2D eigenvalue weighted by molar-refractivity contribution is 7.99. The second-order valence-corrected chi connectivity index (χ2v) is 6.43. The highest BCUT2D eigenvalue weighted by Crippen LogP contribution is 2.39. The smallest absolute Gasteiger partial charge is 0.326 e. The van der Waals surface area contributed by atoms with Crippen molar-refractivity contribution in [2.24, 2.45) is 5.92 Å². The maximum Gasteiger partial charge on any atom is 0.326 e. The molecule has 1 fully saturated rings. The molecule has 0 radical (unpaired) electrons. The monoisotopic (exact) mass is 305 g/mol. The number of thioether (sulfide) groups is 1. The zero-order valence-electron chi connectivity index (χ0n) is 12.4. The summed E-state index contributed by atoms with van der Waals surface area (Å²) in [4.78, 5) is 12.2. The van der Waals surface area contributed by atoms with Crippen LogP contribution in [0.5, 0.6) is 0 Å². The number of methoxy groups -OCH3 is 1. The van der Waals surface area contributed by atoms with Crippen LogP contribution < -0.4 is 5.32 Å². The van der Waals surface area contributed by atoms with Gasteiger partial charge in [0.2, 0.25) is 0 Å². The Morgan fingerprint density at radius 1 is 1.60 bits per heavy atom. The summed E-state index contributed by atoms with van der Waals surface area (Å²) in [7, 11) is 1.45. The molecule has 20 heavy (non-hydrogen) atoms. The van der Waals surface area contributed by atoms with E-state index in [9.17, 15) is 9.90 Å². The first-order valence-corrected chi connectivity index (χ1v) is 8.46. The number of aliphatic hydroxyl groups is 2. The van der Waals surface area contributed by atoms with Crippen molar-refractivity contribution in [2.45, 2.75) is 44.2 Å². The van der Waals surface area contributed by atoms with Crippen LogP contribution in [0.2, 0.25) is 0 Å². The predicted octanol–water partition coefficient (Wildman–Crippen LogP) is 0.784. The largest absolute Gasteiger partial charge is 0.468 e. The van der Waals surface area contributed by atoms with Gasteiger partial charge in [-0.25, -0.2) is 0 Å². The third-order valence-electron chi connectivity index (χ3n) is 3.99. The van der Waals surface area contributed by atoms with Crippen molar-refractivity contribution in [3.05, 3.63) is 0 Å². The van der Waals surface area contributed by atoms with Crippen molar-refractivity contribution in [3.8, 4) is 0 Å². The van der Waals surface area contributed by atoms with E-state index in [1.807, 2.05) is 6.92 Å². The van der Waals surface area contributed by atoms with E-state index in [0.717, 1.165) is 38.0 Å². The van der Waals surface area contributed by atoms with E-state index in [4.69, 9.17) is 9.84 Å². The van der Waals surface area contributed by atoms with Gasteiger partial charge in [-0.2, -0.15) is 11.8 Å². The normalized spacial score (nSPS) is 27.5. The summed E-state index contributed by atoms with van der Waals surface area (Å²) in [6.45, 7) is 2.56. The lowest BCUT2D eigenvalue weighted by molar-refractivity contribution is -0.150. The van der Waals surface area contributed by atoms with Gasteiger partial charge in [-0.05, 0) is 37.5 Å². The highest BCUT2D eigenvalue weighted by Gasteiger charge is 2.48. The lowest BCUT2D eigenvalue weighted by Crippen LogP contribution is -2.55. The Hall–Kier alpha value is -0.300. The summed E-state index contributed by atoms with van der Waals surface area (Å²) in [6.07, 6.45) is 3.18. The molecule has 1 saturated carbocycles. The Morgan fingerprint density at radius 2 is 2.35 bits per heavy atom. The molecule has 0 aromatic rings. The molecule has 0 bridgehead atoms. The molecule has 0 amide bonds. The van der Waals surface area contributed by atoms with E-state index in [1.54, 1.807) is 11.8 Å². The van der Waals surface area contributed by atoms with Crippen molar-refractivity contribution in [2.75, 3.05) is 31.8 Å². The lowest BCUT2D eigenvalue weighted by Gasteiger charge is -2.33. The van der Waals surface area contributed by atoms with Crippen LogP contribution in [-0.4, -0.2) is 59.6 Å². The van der Waals surface area contributed by atoms with Crippen molar-refractivity contribution >= 4 is 17.7 Å². The first-order chi connectivity index (χ1) is 9.60. The van der Waals surface area contributed by atoms with Crippen LogP contribution in [0.15, 0.2) is 0 Å². The number of nitrogens with one attached hydrogen (secondary N) is 1. The van der Waals surface area contributed by atoms with Gasteiger partial charge in [-0.3, -0.25) is 4.79 Å². The first-order valence-electron chi connectivity index (χ1n) is 7.30. The van der Waals surface area contributed by atoms with Gasteiger partial charge in [-0.15, -0.1) is 0 Å². The Morgan fingerprint density at radius 3 is 2.95 bits per heavy atom. The van der Waals surface area contributed by atoms with Crippen LogP contribution in [0.1, 0.15) is 32.6 Å². The third-order valence-corrected chi connectivity index (χ3v) is 5.14. The zero-order chi connectivity index (χ0) is 15.0. The number of ether oxygens (including phenoxy) is 1. The molecule has 1 aliphatic rings. The van der Waals surface area contributed by atoms with Crippen molar-refractivity contribution in [1.29, 1.82) is 0 Å². The maximum absolute atomic E-state index is 12.2. The van der Waals surface area contributed by atoms with E-state index in [1.165, 1.54) is 7.11 Å². The molecule has 118 valence electrons. The minimum absolute atomic E-state index is 0.151. The minimum Gasteiger partial charge on any atom is -0.468 e. The number of esters is 1. The Kier molecular flexibility index (Phi) is 7.87. The molecule has 1 aliphatic carbocycles. The van der Waals surface area contributed by atoms with E-state index in [0.29, 0.717) is 5.75 Å². The summed E-state index contributed by atoms with van der Waals surface area (Å²) in [5.74, 6) is 1.55. The second kappa shape index (κ2) is 8.87. The molecular weight excluding hydrogens is 278 g/mol. The summed E-state index contributed by atoms with van der Waals surface area (Å²) in [6, 6.07) is 0. The number of carbonyl (C=O) groups is 1. The van der Waals surface area contributed by atoms with Crippen molar-refractivity contribution in [1.82, 2.24) is 5.32 Å². The maximum atomic E-state index is 12.2. The number of carbonyl (C=O) groups excluding carboxylic acids is 1. The van der Waals surface area contributed by atoms with E-state index >= 15 is 0 Å². The Bertz CT molecular complexity index is 303. The fraction of sp³-hybridized carbons (Fsp3) is 0.929. The Labute approximate surface area is 125 Å². The average Bonchev–Trinajstić information content (AvgIpc) is 2.86. The molecule has 6 heteroatoms. The van der Waals surface area contributed by atoms with Crippen LogP contribution in [0.3, 0.4) is 0 Å². The standard InChI is InChI=1S/C14H27NO4S/c1-3-15-14(13(18)19-2)7-4-5-11(14)6-8-20-10-12(17)9-16/h11-12,15-17H,3-10H2,1-2H3. The van der Waals surface area contributed by atoms with Gasteiger partial charge in [-0.1, -0.05) is 13.3 Å². The van der Waals surface area contributed by atoms with E-state index in [-0.39, 0.29) is 18.5 Å². The van der Waals surface area contributed by atoms with Gasteiger partial charge >= 0.3 is 5.97 Å². The van der Waals surface area contributed by atoms with Gasteiger partial charge in [0.25, 0.3) is 0 Å². The quantitative estimate of drug-likeness (QED) is 0.432. The molecule has 0 spiro atoms. The minimum atomic E-state index is -0.650. The number of aliphatic hydroxyl groups excluding tert-OH is 2. The van der Waals surface area contributed by atoms with Gasteiger partial charge in [0, 0.05) is 5.75 Å². The van der Waals surface area contributed by atoms with E-state index < -0.39 is 11.6 Å². The van der Waals surface area contributed by atoms with Crippen molar-refractivity contribution in [3.63, 3.8) is 0 Å². The molecule has 0 aliphatic heterocycles. The molecule has 0 heterocycles. The fourth-order valence-corrected chi connectivity index (χ4v) is 4.03. The third kappa shape index (κ3) is 4.35.